The monoisotopic (exact) mass is 339 g/mol. The molecule has 7 rings (SSSR count). The van der Waals surface area contributed by atoms with E-state index in [9.17, 15) is 0 Å². The van der Waals surface area contributed by atoms with E-state index in [1.807, 2.05) is 30.3 Å². The average Bonchev–Trinajstić information content (AvgIpc) is 2.67. The summed E-state index contributed by atoms with van der Waals surface area (Å²) in [5, 5.41) is 0. The molecule has 3 atom stereocenters. The second kappa shape index (κ2) is 5.64. The number of rotatable bonds is 2. The molecule has 4 aliphatic rings. The molecule has 26 heavy (non-hydrogen) atoms. The van der Waals surface area contributed by atoms with Crippen molar-refractivity contribution in [2.45, 2.75) is 38.0 Å². The van der Waals surface area contributed by atoms with Crippen molar-refractivity contribution >= 4 is 11.0 Å². The highest BCUT2D eigenvalue weighted by molar-refractivity contribution is 5.78. The molecule has 2 aromatic carbocycles. The third kappa shape index (κ3) is 2.31. The minimum Gasteiger partial charge on any atom is -0.252 e. The highest BCUT2D eigenvalue weighted by Gasteiger charge is 2.48. The van der Waals surface area contributed by atoms with Crippen LogP contribution < -0.4 is 0 Å². The fourth-order valence-electron chi connectivity index (χ4n) is 6.11. The van der Waals surface area contributed by atoms with Gasteiger partial charge in [-0.2, -0.15) is 0 Å². The van der Waals surface area contributed by atoms with Crippen molar-refractivity contribution in [3.05, 3.63) is 66.2 Å². The van der Waals surface area contributed by atoms with Crippen LogP contribution in [-0.4, -0.2) is 9.97 Å². The summed E-state index contributed by atoms with van der Waals surface area (Å²) in [6.45, 7) is 0. The van der Waals surface area contributed by atoms with Gasteiger partial charge in [0.05, 0.1) is 22.9 Å². The predicted octanol–water partition coefficient (Wildman–Crippen LogP) is 5.79. The van der Waals surface area contributed by atoms with Crippen LogP contribution in [0, 0.1) is 23.7 Å². The molecule has 0 saturated heterocycles. The smallest absolute Gasteiger partial charge is 0.0894 e. The Morgan fingerprint density at radius 3 is 2.38 bits per heavy atom. The van der Waals surface area contributed by atoms with E-state index in [0.29, 0.717) is 5.92 Å². The number of aromatic nitrogens is 2. The molecule has 3 aromatic rings. The number of benzene rings is 2. The number of nitrogens with zero attached hydrogens (tertiary/aromatic N) is 2. The molecule has 2 nitrogen and oxygen atoms in total. The number of hydrogen-bond acceptors (Lipinski definition) is 2. The zero-order valence-electron chi connectivity index (χ0n) is 14.9. The Balaban J connectivity index is 1.37. The molecule has 0 spiro atoms. The molecule has 4 aliphatic carbocycles. The maximum atomic E-state index is 4.85. The van der Waals surface area contributed by atoms with Gasteiger partial charge in [-0.15, -0.1) is 0 Å². The van der Waals surface area contributed by atoms with Crippen molar-refractivity contribution in [1.29, 1.82) is 0 Å². The van der Waals surface area contributed by atoms with Gasteiger partial charge in [-0.3, -0.25) is 4.98 Å². The lowest BCUT2D eigenvalue weighted by Crippen LogP contribution is -2.42. The average molecular weight is 339 g/mol. The largest absolute Gasteiger partial charge is 0.252 e. The molecule has 1 aromatic heterocycles. The van der Waals surface area contributed by atoms with Crippen LogP contribution in [-0.2, 0) is 0 Å². The first-order chi connectivity index (χ1) is 12.8. The van der Waals surface area contributed by atoms with Crippen molar-refractivity contribution in [2.24, 2.45) is 17.8 Å². The maximum Gasteiger partial charge on any atom is 0.0894 e. The highest BCUT2D eigenvalue weighted by Crippen LogP contribution is 2.60. The second-order valence-electron chi connectivity index (χ2n) is 8.61. The van der Waals surface area contributed by atoms with E-state index in [1.165, 1.54) is 37.7 Å². The summed E-state index contributed by atoms with van der Waals surface area (Å²) in [5.74, 6) is 5.38. The van der Waals surface area contributed by atoms with Crippen LogP contribution in [0.15, 0.2) is 54.7 Å². The third-order valence-electron chi connectivity index (χ3n) is 6.95. The lowest BCUT2D eigenvalue weighted by Gasteiger charge is -2.54. The van der Waals surface area contributed by atoms with E-state index >= 15 is 0 Å². The SMILES string of the molecule is c1ccc(-c2cnc3cc(C4[C]5CC6CC(C5)CC4C6)ccc3n2)cc1. The second-order valence-corrected chi connectivity index (χ2v) is 8.61. The topological polar surface area (TPSA) is 25.8 Å². The Kier molecular flexibility index (Phi) is 3.23. The van der Waals surface area contributed by atoms with Gasteiger partial charge in [0.15, 0.2) is 0 Å². The van der Waals surface area contributed by atoms with Crippen molar-refractivity contribution < 1.29 is 0 Å². The lowest BCUT2D eigenvalue weighted by molar-refractivity contribution is 0.0724. The summed E-state index contributed by atoms with van der Waals surface area (Å²) in [6, 6.07) is 17.2. The third-order valence-corrected chi connectivity index (χ3v) is 6.95. The fraction of sp³-hybridized carbons (Fsp3) is 0.375. The van der Waals surface area contributed by atoms with Crippen molar-refractivity contribution in [3.8, 4) is 11.3 Å². The Hall–Kier alpha value is -2.22. The van der Waals surface area contributed by atoms with E-state index in [2.05, 4.69) is 30.3 Å². The Morgan fingerprint density at radius 1 is 0.808 bits per heavy atom. The van der Waals surface area contributed by atoms with Crippen LogP contribution in [0.2, 0.25) is 0 Å². The van der Waals surface area contributed by atoms with Crippen LogP contribution in [0.5, 0.6) is 0 Å². The van der Waals surface area contributed by atoms with Gasteiger partial charge in [0.2, 0.25) is 0 Å². The minimum atomic E-state index is 0.683. The van der Waals surface area contributed by atoms with Gasteiger partial charge in [-0.25, -0.2) is 4.98 Å². The van der Waals surface area contributed by atoms with Gasteiger partial charge in [0.1, 0.15) is 0 Å². The molecule has 2 heteroatoms. The predicted molar refractivity (Wildman–Crippen MR) is 105 cm³/mol. The Bertz CT molecular complexity index is 934. The molecule has 1 heterocycles. The van der Waals surface area contributed by atoms with E-state index in [-0.39, 0.29) is 0 Å². The first kappa shape index (κ1) is 14.9. The quantitative estimate of drug-likeness (QED) is 0.590. The van der Waals surface area contributed by atoms with Crippen molar-refractivity contribution in [2.75, 3.05) is 0 Å². The molecule has 1 radical (unpaired) electrons. The molecule has 0 N–H and O–H groups in total. The Labute approximate surface area is 154 Å². The van der Waals surface area contributed by atoms with Gasteiger partial charge in [0.25, 0.3) is 0 Å². The summed E-state index contributed by atoms with van der Waals surface area (Å²) in [7, 11) is 0. The first-order valence-electron chi connectivity index (χ1n) is 10.0. The zero-order valence-corrected chi connectivity index (χ0v) is 14.9. The standard InChI is InChI=1S/C24H23N2/c1-2-4-17(5-3-1)23-14-25-22-13-18(6-7-21(22)26-23)24-19-9-15-8-16(11-19)12-20(24)10-15/h1-7,13-16,19,24H,8-12H2. The van der Waals surface area contributed by atoms with Gasteiger partial charge < -0.3 is 0 Å². The summed E-state index contributed by atoms with van der Waals surface area (Å²) in [4.78, 5) is 9.61. The summed E-state index contributed by atoms with van der Waals surface area (Å²) in [5.41, 5.74) is 5.61. The minimum absolute atomic E-state index is 0.683. The molecule has 129 valence electrons. The van der Waals surface area contributed by atoms with E-state index < -0.39 is 0 Å². The van der Waals surface area contributed by atoms with Crippen molar-refractivity contribution in [3.63, 3.8) is 0 Å². The normalized spacial score (nSPS) is 30.2. The molecular weight excluding hydrogens is 316 g/mol. The molecule has 4 bridgehead atoms. The van der Waals surface area contributed by atoms with Crippen LogP contribution >= 0.6 is 0 Å². The summed E-state index contributed by atoms with van der Waals surface area (Å²) in [6.07, 6.45) is 9.08. The molecule has 4 saturated carbocycles. The molecule has 4 fully saturated rings. The van der Waals surface area contributed by atoms with Gasteiger partial charge >= 0.3 is 0 Å². The van der Waals surface area contributed by atoms with Crippen LogP contribution in [0.3, 0.4) is 0 Å². The van der Waals surface area contributed by atoms with Crippen molar-refractivity contribution in [1.82, 2.24) is 9.97 Å². The number of hydrogen-bond donors (Lipinski definition) is 0. The van der Waals surface area contributed by atoms with E-state index in [4.69, 9.17) is 9.97 Å². The highest BCUT2D eigenvalue weighted by atomic mass is 14.8. The zero-order chi connectivity index (χ0) is 17.1. The van der Waals surface area contributed by atoms with Crippen LogP contribution in [0.25, 0.3) is 22.3 Å². The summed E-state index contributed by atoms with van der Waals surface area (Å²) < 4.78 is 0. The van der Waals surface area contributed by atoms with Gasteiger partial charge in [-0.1, -0.05) is 36.4 Å². The maximum absolute atomic E-state index is 4.85. The van der Waals surface area contributed by atoms with Crippen LogP contribution in [0.4, 0.5) is 0 Å². The fourth-order valence-corrected chi connectivity index (χ4v) is 6.11. The van der Waals surface area contributed by atoms with E-state index in [0.717, 1.165) is 40.0 Å². The molecular formula is C24H23N2. The summed E-state index contributed by atoms with van der Waals surface area (Å²) >= 11 is 0. The molecule has 3 unspecified atom stereocenters. The van der Waals surface area contributed by atoms with Crippen LogP contribution in [0.1, 0.15) is 43.6 Å². The van der Waals surface area contributed by atoms with Gasteiger partial charge in [-0.05, 0) is 79.4 Å². The van der Waals surface area contributed by atoms with E-state index in [1.54, 1.807) is 0 Å². The first-order valence-corrected chi connectivity index (χ1v) is 10.0. The molecule has 0 amide bonds. The number of fused-ring (bicyclic) bond motifs is 1. The molecule has 0 aliphatic heterocycles. The lowest BCUT2D eigenvalue weighted by atomic mass is 9.51. The van der Waals surface area contributed by atoms with Gasteiger partial charge in [0, 0.05) is 5.56 Å². The Morgan fingerprint density at radius 2 is 1.62 bits per heavy atom.